The van der Waals surface area contributed by atoms with Gasteiger partial charge in [0.2, 0.25) is 0 Å². The molecule has 1 atom stereocenters. The zero-order valence-corrected chi connectivity index (χ0v) is 14.4. The van der Waals surface area contributed by atoms with Gasteiger partial charge in [0.25, 0.3) is 0 Å². The van der Waals surface area contributed by atoms with Crippen LogP contribution >= 0.6 is 11.8 Å². The SMILES string of the molecule is COCCOCCOc1cnc(C2=N[C@@H](C(=O)OC)CS2)c(O)c1. The standard InChI is InChI=1S/C15H20N2O6S/c1-20-3-4-22-5-6-23-10-7-12(18)13(16-8-10)14-17-11(9-24-14)15(19)21-2/h7-8,11,18H,3-6,9H2,1-2H3/t11-/m1/s1. The van der Waals surface area contributed by atoms with Crippen LogP contribution in [0.25, 0.3) is 0 Å². The molecule has 0 saturated heterocycles. The van der Waals surface area contributed by atoms with Crippen LogP contribution in [0.1, 0.15) is 5.69 Å². The maximum atomic E-state index is 11.5. The minimum absolute atomic E-state index is 0.0513. The summed E-state index contributed by atoms with van der Waals surface area (Å²) < 4.78 is 20.3. The lowest BCUT2D eigenvalue weighted by Crippen LogP contribution is -2.19. The summed E-state index contributed by atoms with van der Waals surface area (Å²) in [6, 6.07) is 0.905. The Morgan fingerprint density at radius 3 is 2.83 bits per heavy atom. The molecule has 0 radical (unpaired) electrons. The van der Waals surface area contributed by atoms with Crippen LogP contribution in [0.2, 0.25) is 0 Å². The summed E-state index contributed by atoms with van der Waals surface area (Å²) in [6.07, 6.45) is 1.50. The molecule has 1 N–H and O–H groups in total. The van der Waals surface area contributed by atoms with Gasteiger partial charge in [-0.1, -0.05) is 0 Å². The summed E-state index contributed by atoms with van der Waals surface area (Å²) in [5.41, 5.74) is 0.329. The number of thioether (sulfide) groups is 1. The fourth-order valence-corrected chi connectivity index (χ4v) is 2.92. The van der Waals surface area contributed by atoms with Crippen molar-refractivity contribution < 1.29 is 28.8 Å². The van der Waals surface area contributed by atoms with Gasteiger partial charge in [-0.2, -0.15) is 0 Å². The Balaban J connectivity index is 1.89. The van der Waals surface area contributed by atoms with E-state index in [1.807, 2.05) is 0 Å². The Morgan fingerprint density at radius 2 is 2.12 bits per heavy atom. The molecular weight excluding hydrogens is 336 g/mol. The van der Waals surface area contributed by atoms with Crippen LogP contribution < -0.4 is 4.74 Å². The van der Waals surface area contributed by atoms with Gasteiger partial charge in [-0.05, 0) is 0 Å². The van der Waals surface area contributed by atoms with E-state index in [4.69, 9.17) is 14.2 Å². The molecule has 0 bridgehead atoms. The van der Waals surface area contributed by atoms with Crippen molar-refractivity contribution >= 4 is 22.8 Å². The highest BCUT2D eigenvalue weighted by atomic mass is 32.2. The molecule has 2 rings (SSSR count). The summed E-state index contributed by atoms with van der Waals surface area (Å²) in [4.78, 5) is 19.9. The first-order chi connectivity index (χ1) is 11.7. The van der Waals surface area contributed by atoms with Crippen molar-refractivity contribution in [2.45, 2.75) is 6.04 Å². The molecule has 1 aromatic rings. The number of aliphatic imine (C=N–C) groups is 1. The number of nitrogens with zero attached hydrogens (tertiary/aromatic N) is 2. The van der Waals surface area contributed by atoms with Crippen LogP contribution in [-0.2, 0) is 19.0 Å². The smallest absolute Gasteiger partial charge is 0.331 e. The van der Waals surface area contributed by atoms with Crippen LogP contribution in [0.15, 0.2) is 17.3 Å². The van der Waals surface area contributed by atoms with E-state index in [0.717, 1.165) is 0 Å². The summed E-state index contributed by atoms with van der Waals surface area (Å²) >= 11 is 1.35. The second kappa shape index (κ2) is 9.45. The minimum Gasteiger partial charge on any atom is -0.505 e. The van der Waals surface area contributed by atoms with Crippen molar-refractivity contribution in [1.29, 1.82) is 0 Å². The number of aromatic hydroxyl groups is 1. The minimum atomic E-state index is -0.559. The van der Waals surface area contributed by atoms with Gasteiger partial charge in [0.15, 0.2) is 6.04 Å². The number of esters is 1. The average Bonchev–Trinajstić information content (AvgIpc) is 3.07. The normalized spacial score (nSPS) is 16.8. The lowest BCUT2D eigenvalue weighted by molar-refractivity contribution is -0.141. The summed E-state index contributed by atoms with van der Waals surface area (Å²) in [6.45, 7) is 1.78. The Labute approximate surface area is 144 Å². The molecule has 24 heavy (non-hydrogen) atoms. The first-order valence-corrected chi connectivity index (χ1v) is 8.31. The quantitative estimate of drug-likeness (QED) is 0.514. The fraction of sp³-hybridized carbons (Fsp3) is 0.533. The van der Waals surface area contributed by atoms with E-state index in [0.29, 0.717) is 48.7 Å². The maximum absolute atomic E-state index is 11.5. The molecule has 9 heteroatoms. The van der Waals surface area contributed by atoms with Crippen molar-refractivity contribution in [3.05, 3.63) is 18.0 Å². The van der Waals surface area contributed by atoms with E-state index in [1.54, 1.807) is 7.11 Å². The molecule has 0 aromatic carbocycles. The first-order valence-electron chi connectivity index (χ1n) is 7.33. The third-order valence-electron chi connectivity index (χ3n) is 3.10. The number of hydrogen-bond donors (Lipinski definition) is 1. The maximum Gasteiger partial charge on any atom is 0.331 e. The first kappa shape index (κ1) is 18.5. The Kier molecular flexibility index (Phi) is 7.29. The van der Waals surface area contributed by atoms with Gasteiger partial charge in [0.1, 0.15) is 28.8 Å². The molecule has 0 unspecified atom stereocenters. The van der Waals surface area contributed by atoms with Gasteiger partial charge in [0.05, 0.1) is 33.1 Å². The van der Waals surface area contributed by atoms with E-state index in [9.17, 15) is 9.90 Å². The monoisotopic (exact) mass is 356 g/mol. The van der Waals surface area contributed by atoms with Crippen molar-refractivity contribution in [3.8, 4) is 11.5 Å². The van der Waals surface area contributed by atoms with Gasteiger partial charge in [-0.3, -0.25) is 4.99 Å². The second-order valence-corrected chi connectivity index (χ2v) is 5.79. The Morgan fingerprint density at radius 1 is 1.33 bits per heavy atom. The molecular formula is C15H20N2O6S. The molecule has 0 spiro atoms. The molecule has 0 saturated carbocycles. The van der Waals surface area contributed by atoms with Crippen LogP contribution in [0, 0.1) is 0 Å². The van der Waals surface area contributed by atoms with Crippen molar-refractivity contribution in [2.75, 3.05) is 46.4 Å². The van der Waals surface area contributed by atoms with Crippen molar-refractivity contribution in [3.63, 3.8) is 0 Å². The fourth-order valence-electron chi connectivity index (χ4n) is 1.90. The van der Waals surface area contributed by atoms with Gasteiger partial charge in [-0.25, -0.2) is 9.78 Å². The molecule has 0 fully saturated rings. The van der Waals surface area contributed by atoms with E-state index in [2.05, 4.69) is 14.7 Å². The van der Waals surface area contributed by atoms with Gasteiger partial charge >= 0.3 is 5.97 Å². The van der Waals surface area contributed by atoms with Crippen LogP contribution in [0.5, 0.6) is 11.5 Å². The second-order valence-electron chi connectivity index (χ2n) is 4.78. The molecule has 0 amide bonds. The van der Waals surface area contributed by atoms with Crippen LogP contribution in [0.3, 0.4) is 0 Å². The third-order valence-corrected chi connectivity index (χ3v) is 4.15. The van der Waals surface area contributed by atoms with E-state index in [1.165, 1.54) is 31.1 Å². The third kappa shape index (κ3) is 5.08. The number of pyridine rings is 1. The number of carbonyl (C=O) groups is 1. The summed E-state index contributed by atoms with van der Waals surface area (Å²) in [5.74, 6) is 0.454. The molecule has 1 aliphatic rings. The number of rotatable bonds is 9. The van der Waals surface area contributed by atoms with E-state index < -0.39 is 12.0 Å². The summed E-state index contributed by atoms with van der Waals surface area (Å²) in [7, 11) is 2.93. The molecule has 8 nitrogen and oxygen atoms in total. The summed E-state index contributed by atoms with van der Waals surface area (Å²) in [5, 5.41) is 10.6. The zero-order chi connectivity index (χ0) is 17.4. The highest BCUT2D eigenvalue weighted by molar-refractivity contribution is 8.14. The Bertz CT molecular complexity index is 595. The number of methoxy groups -OCH3 is 2. The molecule has 1 aliphatic heterocycles. The number of ether oxygens (including phenoxy) is 4. The van der Waals surface area contributed by atoms with Crippen molar-refractivity contribution in [2.24, 2.45) is 4.99 Å². The highest BCUT2D eigenvalue weighted by Gasteiger charge is 2.28. The van der Waals surface area contributed by atoms with Gasteiger partial charge in [0, 0.05) is 18.9 Å². The largest absolute Gasteiger partial charge is 0.505 e. The number of aromatic nitrogens is 1. The average molecular weight is 356 g/mol. The molecule has 0 aliphatic carbocycles. The lowest BCUT2D eigenvalue weighted by Gasteiger charge is -2.08. The topological polar surface area (TPSA) is 99.5 Å². The lowest BCUT2D eigenvalue weighted by atomic mass is 10.3. The molecule has 1 aromatic heterocycles. The highest BCUT2D eigenvalue weighted by Crippen LogP contribution is 2.29. The van der Waals surface area contributed by atoms with Crippen molar-refractivity contribution in [1.82, 2.24) is 4.98 Å². The van der Waals surface area contributed by atoms with Gasteiger partial charge in [-0.15, -0.1) is 11.8 Å². The van der Waals surface area contributed by atoms with Crippen LogP contribution in [-0.4, -0.2) is 73.5 Å². The number of hydrogen-bond acceptors (Lipinski definition) is 9. The molecule has 132 valence electrons. The van der Waals surface area contributed by atoms with Crippen LogP contribution in [0.4, 0.5) is 0 Å². The predicted molar refractivity (Wildman–Crippen MR) is 88.9 cm³/mol. The van der Waals surface area contributed by atoms with E-state index in [-0.39, 0.29) is 5.75 Å². The van der Waals surface area contributed by atoms with Gasteiger partial charge < -0.3 is 24.1 Å². The van der Waals surface area contributed by atoms with E-state index >= 15 is 0 Å². The zero-order valence-electron chi connectivity index (χ0n) is 13.6. The predicted octanol–water partition coefficient (Wildman–Crippen LogP) is 0.864. The Hall–Kier alpha value is -1.84. The molecule has 2 heterocycles. The number of carbonyl (C=O) groups excluding carboxylic acids is 1.